The van der Waals surface area contributed by atoms with Crippen LogP contribution in [0.4, 0.5) is 0 Å². The maximum absolute atomic E-state index is 12.5. The van der Waals surface area contributed by atoms with Crippen molar-refractivity contribution in [1.29, 1.82) is 0 Å². The molecule has 1 aromatic rings. The monoisotopic (exact) mass is 330 g/mol. The molecule has 1 unspecified atom stereocenters. The van der Waals surface area contributed by atoms with Crippen molar-refractivity contribution in [3.8, 4) is 0 Å². The van der Waals surface area contributed by atoms with Gasteiger partial charge >= 0.3 is 0 Å². The summed E-state index contributed by atoms with van der Waals surface area (Å²) in [7, 11) is -3.38. The van der Waals surface area contributed by atoms with Gasteiger partial charge in [0.1, 0.15) is 4.21 Å². The fourth-order valence-electron chi connectivity index (χ4n) is 2.79. The second kappa shape index (κ2) is 6.77. The summed E-state index contributed by atoms with van der Waals surface area (Å²) in [5, 5.41) is 5.22. The SMILES string of the molecule is CCCNCc1csc(S(=O)(=O)NC2CCCC2(C)C)c1. The van der Waals surface area contributed by atoms with Gasteiger partial charge in [-0.2, -0.15) is 0 Å². The van der Waals surface area contributed by atoms with Crippen LogP contribution in [0, 0.1) is 5.41 Å². The van der Waals surface area contributed by atoms with E-state index in [0.717, 1.165) is 44.3 Å². The smallest absolute Gasteiger partial charge is 0.250 e. The van der Waals surface area contributed by atoms with E-state index in [9.17, 15) is 8.42 Å². The van der Waals surface area contributed by atoms with Gasteiger partial charge in [0.2, 0.25) is 10.0 Å². The third kappa shape index (κ3) is 4.28. The first kappa shape index (κ1) is 16.9. The van der Waals surface area contributed by atoms with Crippen LogP contribution in [0.2, 0.25) is 0 Å². The molecule has 0 aliphatic heterocycles. The predicted molar refractivity (Wildman–Crippen MR) is 88.1 cm³/mol. The second-order valence-electron chi connectivity index (χ2n) is 6.51. The van der Waals surface area contributed by atoms with Crippen molar-refractivity contribution < 1.29 is 8.42 Å². The van der Waals surface area contributed by atoms with Crippen molar-refractivity contribution in [2.24, 2.45) is 5.41 Å². The summed E-state index contributed by atoms with van der Waals surface area (Å²) in [6.45, 7) is 8.08. The Hall–Kier alpha value is -0.430. The Morgan fingerprint density at radius 3 is 2.81 bits per heavy atom. The maximum Gasteiger partial charge on any atom is 0.250 e. The van der Waals surface area contributed by atoms with E-state index >= 15 is 0 Å². The molecule has 0 bridgehead atoms. The van der Waals surface area contributed by atoms with E-state index in [4.69, 9.17) is 0 Å². The zero-order valence-electron chi connectivity index (χ0n) is 13.1. The number of sulfonamides is 1. The number of hydrogen-bond acceptors (Lipinski definition) is 4. The lowest BCUT2D eigenvalue weighted by atomic mass is 9.88. The average Bonchev–Trinajstić information content (AvgIpc) is 2.98. The topological polar surface area (TPSA) is 58.2 Å². The lowest BCUT2D eigenvalue weighted by Gasteiger charge is -2.27. The highest BCUT2D eigenvalue weighted by Crippen LogP contribution is 2.38. The second-order valence-corrected chi connectivity index (χ2v) is 9.36. The lowest BCUT2D eigenvalue weighted by Crippen LogP contribution is -2.41. The van der Waals surface area contributed by atoms with E-state index in [1.807, 2.05) is 5.38 Å². The van der Waals surface area contributed by atoms with Crippen molar-refractivity contribution >= 4 is 21.4 Å². The lowest BCUT2D eigenvalue weighted by molar-refractivity contribution is 0.313. The van der Waals surface area contributed by atoms with E-state index < -0.39 is 10.0 Å². The predicted octanol–water partition coefficient (Wildman–Crippen LogP) is 3.10. The standard InChI is InChI=1S/C15H26N2O2S2/c1-4-8-16-10-12-9-14(20-11-12)21(18,19)17-13-6-5-7-15(13,2)3/h9,11,13,16-17H,4-8,10H2,1-3H3. The van der Waals surface area contributed by atoms with Gasteiger partial charge in [0.05, 0.1) is 0 Å². The van der Waals surface area contributed by atoms with Crippen molar-refractivity contribution in [3.63, 3.8) is 0 Å². The largest absolute Gasteiger partial charge is 0.313 e. The first-order valence-corrected chi connectivity index (χ1v) is 10.0. The molecule has 120 valence electrons. The van der Waals surface area contributed by atoms with E-state index in [-0.39, 0.29) is 11.5 Å². The van der Waals surface area contributed by atoms with E-state index in [1.54, 1.807) is 6.07 Å². The molecule has 4 nitrogen and oxygen atoms in total. The number of nitrogens with one attached hydrogen (secondary N) is 2. The van der Waals surface area contributed by atoms with Crippen molar-refractivity contribution in [1.82, 2.24) is 10.0 Å². The van der Waals surface area contributed by atoms with Crippen LogP contribution in [0.1, 0.15) is 52.0 Å². The minimum Gasteiger partial charge on any atom is -0.313 e. The maximum atomic E-state index is 12.5. The number of hydrogen-bond donors (Lipinski definition) is 2. The van der Waals surface area contributed by atoms with Crippen LogP contribution in [0.25, 0.3) is 0 Å². The Morgan fingerprint density at radius 1 is 1.43 bits per heavy atom. The molecular formula is C15H26N2O2S2. The molecule has 1 heterocycles. The van der Waals surface area contributed by atoms with Crippen LogP contribution in [0.3, 0.4) is 0 Å². The van der Waals surface area contributed by atoms with Gasteiger partial charge in [-0.3, -0.25) is 0 Å². The van der Waals surface area contributed by atoms with Crippen molar-refractivity contribution in [2.45, 2.75) is 63.3 Å². The fraction of sp³-hybridized carbons (Fsp3) is 0.733. The van der Waals surface area contributed by atoms with Crippen LogP contribution in [-0.4, -0.2) is 21.0 Å². The third-order valence-electron chi connectivity index (χ3n) is 4.21. The molecule has 1 aliphatic carbocycles. The molecule has 0 aromatic carbocycles. The van der Waals surface area contributed by atoms with Crippen LogP contribution < -0.4 is 10.0 Å². The highest BCUT2D eigenvalue weighted by Gasteiger charge is 2.37. The molecule has 0 saturated heterocycles. The summed E-state index contributed by atoms with van der Waals surface area (Å²) in [4.78, 5) is 0. The normalized spacial score (nSPS) is 21.8. The van der Waals surface area contributed by atoms with Crippen molar-refractivity contribution in [3.05, 3.63) is 17.0 Å². The summed E-state index contributed by atoms with van der Waals surface area (Å²) < 4.78 is 28.3. The summed E-state index contributed by atoms with van der Waals surface area (Å²) >= 11 is 1.31. The molecule has 0 radical (unpaired) electrons. The van der Waals surface area contributed by atoms with Gasteiger partial charge in [0.15, 0.2) is 0 Å². The molecule has 1 atom stereocenters. The van der Waals surface area contributed by atoms with Crippen LogP contribution >= 0.6 is 11.3 Å². The molecule has 1 saturated carbocycles. The Morgan fingerprint density at radius 2 is 2.19 bits per heavy atom. The van der Waals surface area contributed by atoms with E-state index in [1.165, 1.54) is 11.3 Å². The molecule has 6 heteroatoms. The Balaban J connectivity index is 2.02. The highest BCUT2D eigenvalue weighted by atomic mass is 32.2. The quantitative estimate of drug-likeness (QED) is 0.755. The molecule has 2 N–H and O–H groups in total. The molecule has 1 aromatic heterocycles. The van der Waals surface area contributed by atoms with Gasteiger partial charge in [0, 0.05) is 12.6 Å². The van der Waals surface area contributed by atoms with Gasteiger partial charge in [-0.05, 0) is 48.2 Å². The number of thiophene rings is 1. The summed E-state index contributed by atoms with van der Waals surface area (Å²) in [6.07, 6.45) is 4.18. The van der Waals surface area contributed by atoms with Gasteiger partial charge in [-0.25, -0.2) is 13.1 Å². The first-order chi connectivity index (χ1) is 9.85. The summed E-state index contributed by atoms with van der Waals surface area (Å²) in [5.41, 5.74) is 1.09. The Kier molecular flexibility index (Phi) is 5.46. The van der Waals surface area contributed by atoms with Gasteiger partial charge in [-0.15, -0.1) is 11.3 Å². The first-order valence-electron chi connectivity index (χ1n) is 7.65. The highest BCUT2D eigenvalue weighted by molar-refractivity contribution is 7.91. The molecule has 0 amide bonds. The average molecular weight is 331 g/mol. The van der Waals surface area contributed by atoms with Gasteiger partial charge < -0.3 is 5.32 Å². The fourth-order valence-corrected chi connectivity index (χ4v) is 5.45. The Bertz CT molecular complexity index is 564. The third-order valence-corrected chi connectivity index (χ3v) is 7.17. The minimum atomic E-state index is -3.38. The summed E-state index contributed by atoms with van der Waals surface area (Å²) in [6, 6.07) is 1.84. The molecule has 1 fully saturated rings. The van der Waals surface area contributed by atoms with Gasteiger partial charge in [0.25, 0.3) is 0 Å². The van der Waals surface area contributed by atoms with Gasteiger partial charge in [-0.1, -0.05) is 27.2 Å². The van der Waals surface area contributed by atoms with Crippen LogP contribution in [-0.2, 0) is 16.6 Å². The van der Waals surface area contributed by atoms with E-state index in [2.05, 4.69) is 30.8 Å². The molecule has 2 rings (SSSR count). The zero-order valence-corrected chi connectivity index (χ0v) is 14.7. The molecule has 0 spiro atoms. The Labute approximate surface area is 132 Å². The van der Waals surface area contributed by atoms with Crippen LogP contribution in [0.5, 0.6) is 0 Å². The molecule has 1 aliphatic rings. The molecular weight excluding hydrogens is 304 g/mol. The van der Waals surface area contributed by atoms with Crippen molar-refractivity contribution in [2.75, 3.05) is 6.54 Å². The number of rotatable bonds is 7. The minimum absolute atomic E-state index is 0.0475. The van der Waals surface area contributed by atoms with Crippen LogP contribution in [0.15, 0.2) is 15.7 Å². The molecule has 21 heavy (non-hydrogen) atoms. The zero-order chi connectivity index (χ0) is 15.5. The van der Waals surface area contributed by atoms with E-state index in [0.29, 0.717) is 4.21 Å². The summed E-state index contributed by atoms with van der Waals surface area (Å²) in [5.74, 6) is 0.